The van der Waals surface area contributed by atoms with Gasteiger partial charge in [0.15, 0.2) is 0 Å². The van der Waals surface area contributed by atoms with Gasteiger partial charge >= 0.3 is 6.03 Å². The highest BCUT2D eigenvalue weighted by atomic mass is 32.2. The lowest BCUT2D eigenvalue weighted by Gasteiger charge is -2.20. The van der Waals surface area contributed by atoms with E-state index in [-0.39, 0.29) is 16.7 Å². The van der Waals surface area contributed by atoms with Gasteiger partial charge in [-0.2, -0.15) is 0 Å². The molecule has 4 N–H and O–H groups in total. The quantitative estimate of drug-likeness (QED) is 0.667. The number of carbonyl (C=O) groups excluding carboxylic acids is 2. The van der Waals surface area contributed by atoms with Crippen LogP contribution in [0.25, 0.3) is 0 Å². The number of thioether (sulfide) groups is 1. The molecule has 1 unspecified atom stereocenters. The number of rotatable bonds is 5. The summed E-state index contributed by atoms with van der Waals surface area (Å²) < 4.78 is 0. The maximum Gasteiger partial charge on any atom is 0.321 e. The van der Waals surface area contributed by atoms with E-state index in [1.54, 1.807) is 13.8 Å². The first-order valence-electron chi connectivity index (χ1n) is 5.25. The molecule has 0 bridgehead atoms. The normalized spacial score (nSPS) is 13.1. The van der Waals surface area contributed by atoms with Crippen molar-refractivity contribution in [2.75, 3.05) is 12.3 Å². The number of carbonyl (C=O) groups is 2. The van der Waals surface area contributed by atoms with Gasteiger partial charge in [0.25, 0.3) is 0 Å². The molecule has 6 heteroatoms. The van der Waals surface area contributed by atoms with Crippen molar-refractivity contribution in [1.82, 2.24) is 10.6 Å². The molecule has 5 nitrogen and oxygen atoms in total. The fraction of sp³-hybridized carbons (Fsp3) is 0.800. The van der Waals surface area contributed by atoms with Crippen molar-refractivity contribution >= 4 is 23.7 Å². The van der Waals surface area contributed by atoms with E-state index in [2.05, 4.69) is 10.6 Å². The van der Waals surface area contributed by atoms with E-state index in [1.165, 1.54) is 11.8 Å². The van der Waals surface area contributed by atoms with Gasteiger partial charge < -0.3 is 11.1 Å². The molecule has 0 aromatic heterocycles. The van der Waals surface area contributed by atoms with Gasteiger partial charge in [0.05, 0.1) is 5.25 Å². The van der Waals surface area contributed by atoms with Crippen molar-refractivity contribution in [1.29, 1.82) is 0 Å². The Morgan fingerprint density at radius 1 is 1.44 bits per heavy atom. The fourth-order valence-corrected chi connectivity index (χ4v) is 1.72. The number of hydrogen-bond acceptors (Lipinski definition) is 4. The maximum atomic E-state index is 11.5. The summed E-state index contributed by atoms with van der Waals surface area (Å²) in [5.41, 5.74) is 5.49. The molecule has 0 aliphatic heterocycles. The van der Waals surface area contributed by atoms with Crippen molar-refractivity contribution in [2.24, 2.45) is 5.73 Å². The maximum absolute atomic E-state index is 11.5. The van der Waals surface area contributed by atoms with E-state index in [9.17, 15) is 9.59 Å². The highest BCUT2D eigenvalue weighted by Gasteiger charge is 2.19. The van der Waals surface area contributed by atoms with Gasteiger partial charge in [-0.3, -0.25) is 10.1 Å². The zero-order chi connectivity index (χ0) is 12.8. The number of urea groups is 1. The summed E-state index contributed by atoms with van der Waals surface area (Å²) in [5.74, 6) is 0.372. The molecule has 0 saturated heterocycles. The Hall–Kier alpha value is -0.750. The third-order valence-electron chi connectivity index (χ3n) is 1.65. The molecule has 0 saturated carbocycles. The van der Waals surface area contributed by atoms with Crippen molar-refractivity contribution in [3.8, 4) is 0 Å². The molecule has 0 aliphatic carbocycles. The lowest BCUT2D eigenvalue weighted by molar-refractivity contribution is -0.119. The number of hydrogen-bond donors (Lipinski definition) is 3. The van der Waals surface area contributed by atoms with Crippen molar-refractivity contribution in [3.63, 3.8) is 0 Å². The van der Waals surface area contributed by atoms with E-state index in [1.807, 2.05) is 13.8 Å². The van der Waals surface area contributed by atoms with Crippen LogP contribution in [0.1, 0.15) is 27.7 Å². The van der Waals surface area contributed by atoms with E-state index >= 15 is 0 Å². The van der Waals surface area contributed by atoms with Crippen LogP contribution >= 0.6 is 11.8 Å². The Bertz CT molecular complexity index is 251. The van der Waals surface area contributed by atoms with Gasteiger partial charge in [-0.1, -0.05) is 0 Å². The second-order valence-corrected chi connectivity index (χ2v) is 5.62. The topological polar surface area (TPSA) is 84.2 Å². The van der Waals surface area contributed by atoms with Crippen LogP contribution in [0.3, 0.4) is 0 Å². The van der Waals surface area contributed by atoms with Crippen LogP contribution < -0.4 is 16.4 Å². The average molecular weight is 247 g/mol. The number of nitrogens with one attached hydrogen (secondary N) is 2. The minimum Gasteiger partial charge on any atom is -0.338 e. The average Bonchev–Trinajstić information content (AvgIpc) is 2.13. The summed E-state index contributed by atoms with van der Waals surface area (Å²) in [6, 6.07) is -0.452. The standard InChI is InChI=1S/C10H21N3O2S/c1-5-12-9(15)13-8(14)7(2)16-6-10(3,4)11/h7H,5-6,11H2,1-4H3,(H2,12,13,14,15). The smallest absolute Gasteiger partial charge is 0.321 e. The van der Waals surface area contributed by atoms with Crippen molar-refractivity contribution in [3.05, 3.63) is 0 Å². The Labute approximate surface area is 101 Å². The minimum atomic E-state index is -0.452. The highest BCUT2D eigenvalue weighted by Crippen LogP contribution is 2.15. The summed E-state index contributed by atoms with van der Waals surface area (Å²) in [4.78, 5) is 22.6. The summed E-state index contributed by atoms with van der Waals surface area (Å²) in [7, 11) is 0. The molecule has 1 atom stereocenters. The summed E-state index contributed by atoms with van der Waals surface area (Å²) in [5, 5.41) is 4.48. The Morgan fingerprint density at radius 2 is 2.00 bits per heavy atom. The molecule has 0 rings (SSSR count). The minimum absolute atomic E-state index is 0.287. The Kier molecular flexibility index (Phi) is 6.43. The molecule has 0 radical (unpaired) electrons. The van der Waals surface area contributed by atoms with Crippen molar-refractivity contribution in [2.45, 2.75) is 38.5 Å². The third kappa shape index (κ3) is 7.53. The number of amides is 3. The van der Waals surface area contributed by atoms with Gasteiger partial charge in [0, 0.05) is 17.8 Å². The number of nitrogens with two attached hydrogens (primary N) is 1. The first-order valence-corrected chi connectivity index (χ1v) is 6.30. The second kappa shape index (κ2) is 6.75. The van der Waals surface area contributed by atoms with Crippen LogP contribution in [0.4, 0.5) is 4.79 Å². The fourth-order valence-electron chi connectivity index (χ4n) is 0.834. The van der Waals surface area contributed by atoms with Crippen LogP contribution in [-0.4, -0.2) is 35.0 Å². The zero-order valence-corrected chi connectivity index (χ0v) is 11.1. The predicted octanol–water partition coefficient (Wildman–Crippen LogP) is 0.691. The Morgan fingerprint density at radius 3 is 2.44 bits per heavy atom. The van der Waals surface area contributed by atoms with E-state index in [0.29, 0.717) is 12.3 Å². The molecule has 3 amide bonds. The first-order chi connectivity index (χ1) is 7.26. The van der Waals surface area contributed by atoms with Crippen LogP contribution in [0.5, 0.6) is 0 Å². The molecule has 0 fully saturated rings. The monoisotopic (exact) mass is 247 g/mol. The molecular weight excluding hydrogens is 226 g/mol. The van der Waals surface area contributed by atoms with Gasteiger partial charge in [-0.15, -0.1) is 11.8 Å². The molecule has 16 heavy (non-hydrogen) atoms. The molecule has 0 aromatic carbocycles. The van der Waals surface area contributed by atoms with E-state index < -0.39 is 6.03 Å². The molecule has 0 aromatic rings. The first kappa shape index (κ1) is 15.2. The largest absolute Gasteiger partial charge is 0.338 e. The Balaban J connectivity index is 3.95. The SMILES string of the molecule is CCNC(=O)NC(=O)C(C)SCC(C)(C)N. The van der Waals surface area contributed by atoms with Crippen molar-refractivity contribution < 1.29 is 9.59 Å². The van der Waals surface area contributed by atoms with E-state index in [4.69, 9.17) is 5.73 Å². The van der Waals surface area contributed by atoms with Gasteiger partial charge in [-0.25, -0.2) is 4.79 Å². The van der Waals surface area contributed by atoms with Gasteiger partial charge in [0.1, 0.15) is 0 Å². The summed E-state index contributed by atoms with van der Waals surface area (Å²) in [6.45, 7) is 7.84. The summed E-state index contributed by atoms with van der Waals surface area (Å²) in [6.07, 6.45) is 0. The number of imide groups is 1. The van der Waals surface area contributed by atoms with Crippen LogP contribution in [0.2, 0.25) is 0 Å². The predicted molar refractivity (Wildman–Crippen MR) is 67.4 cm³/mol. The lowest BCUT2D eigenvalue weighted by Crippen LogP contribution is -2.43. The molecule has 94 valence electrons. The summed E-state index contributed by atoms with van der Waals surface area (Å²) >= 11 is 1.43. The molecule has 0 spiro atoms. The molecular formula is C10H21N3O2S. The highest BCUT2D eigenvalue weighted by molar-refractivity contribution is 8.00. The molecule has 0 heterocycles. The van der Waals surface area contributed by atoms with Crippen LogP contribution in [-0.2, 0) is 4.79 Å². The lowest BCUT2D eigenvalue weighted by atomic mass is 10.1. The zero-order valence-electron chi connectivity index (χ0n) is 10.3. The van der Waals surface area contributed by atoms with E-state index in [0.717, 1.165) is 0 Å². The molecule has 0 aliphatic rings. The van der Waals surface area contributed by atoms with Crippen LogP contribution in [0.15, 0.2) is 0 Å². The van der Waals surface area contributed by atoms with Gasteiger partial charge in [0.2, 0.25) is 5.91 Å². The second-order valence-electron chi connectivity index (χ2n) is 4.29. The third-order valence-corrected chi connectivity index (χ3v) is 3.27. The van der Waals surface area contributed by atoms with Gasteiger partial charge in [-0.05, 0) is 27.7 Å². The van der Waals surface area contributed by atoms with Crippen LogP contribution in [0, 0.1) is 0 Å².